The molecule has 0 saturated carbocycles. The molecule has 0 aliphatic carbocycles. The maximum absolute atomic E-state index is 8.44. The maximum atomic E-state index is 8.44. The molecule has 0 aliphatic heterocycles. The fourth-order valence-electron chi connectivity index (χ4n) is 0.0763. The van der Waals surface area contributed by atoms with Crippen LogP contribution < -0.4 is 0 Å². The van der Waals surface area contributed by atoms with Crippen LogP contribution >= 0.6 is 0 Å². The van der Waals surface area contributed by atoms with Crippen LogP contribution in [0.1, 0.15) is 6.92 Å². The summed E-state index contributed by atoms with van der Waals surface area (Å²) in [5.74, 6) is -0.0417. The highest BCUT2D eigenvalue weighted by Gasteiger charge is 1.99. The molecule has 0 fully saturated rings. The van der Waals surface area contributed by atoms with Crippen LogP contribution in [0.4, 0.5) is 0 Å². The van der Waals surface area contributed by atoms with Gasteiger partial charge in [-0.05, 0) is 6.92 Å². The molecule has 0 aromatic carbocycles. The monoisotopic (exact) mass is 104 g/mol. The Morgan fingerprint density at radius 1 is 1.86 bits per heavy atom. The van der Waals surface area contributed by atoms with Crippen LogP contribution in [0.5, 0.6) is 0 Å². The van der Waals surface area contributed by atoms with Crippen molar-refractivity contribution in [1.29, 1.82) is 0 Å². The molecule has 3 heteroatoms. The molecular weight excluding hydrogens is 96.0 g/mol. The van der Waals surface area contributed by atoms with Gasteiger partial charge in [-0.2, -0.15) is 0 Å². The normalized spacial score (nSPS) is 13.0. The van der Waals surface area contributed by atoms with E-state index in [-0.39, 0.29) is 5.76 Å². The summed E-state index contributed by atoms with van der Waals surface area (Å²) in [5, 5.41) is 16.2. The van der Waals surface area contributed by atoms with Crippen molar-refractivity contribution >= 4 is 0 Å². The molecule has 42 valence electrons. The van der Waals surface area contributed by atoms with E-state index in [0.717, 1.165) is 0 Å². The second-order valence-corrected chi connectivity index (χ2v) is 1.23. The Morgan fingerprint density at radius 2 is 2.29 bits per heavy atom. The maximum Gasteiger partial charge on any atom is 0.163 e. The third-order valence-corrected chi connectivity index (χ3v) is 0.583. The highest BCUT2D eigenvalue weighted by atomic mass is 17.1. The summed E-state index contributed by atoms with van der Waals surface area (Å²) in [5.41, 5.74) is 0. The second kappa shape index (κ2) is 2.60. The summed E-state index contributed by atoms with van der Waals surface area (Å²) >= 11 is 0. The van der Waals surface area contributed by atoms with E-state index in [1.165, 1.54) is 6.92 Å². The first-order chi connectivity index (χ1) is 3.18. The molecule has 3 nitrogen and oxygen atoms in total. The zero-order valence-electron chi connectivity index (χ0n) is 4.09. The van der Waals surface area contributed by atoms with Gasteiger partial charge in [-0.1, -0.05) is 6.58 Å². The quantitative estimate of drug-likeness (QED) is 0.302. The van der Waals surface area contributed by atoms with Gasteiger partial charge >= 0.3 is 0 Å². The van der Waals surface area contributed by atoms with E-state index >= 15 is 0 Å². The molecule has 7 heavy (non-hydrogen) atoms. The van der Waals surface area contributed by atoms with Crippen molar-refractivity contribution in [2.75, 3.05) is 0 Å². The van der Waals surface area contributed by atoms with Crippen LogP contribution in [0.3, 0.4) is 0 Å². The lowest BCUT2D eigenvalue weighted by Crippen LogP contribution is -2.04. The molecule has 1 atom stereocenters. The van der Waals surface area contributed by atoms with Crippen LogP contribution in [0.25, 0.3) is 0 Å². The summed E-state index contributed by atoms with van der Waals surface area (Å²) in [6, 6.07) is 0. The van der Waals surface area contributed by atoms with Crippen molar-refractivity contribution in [3.63, 3.8) is 0 Å². The Balaban J connectivity index is 3.35. The minimum absolute atomic E-state index is 0.0417. The summed E-state index contributed by atoms with van der Waals surface area (Å²) in [6.07, 6.45) is -0.801. The number of aliphatic hydroxyl groups excluding tert-OH is 1. The average molecular weight is 104 g/mol. The van der Waals surface area contributed by atoms with Gasteiger partial charge in [0.05, 0.1) is 0 Å². The molecule has 0 amide bonds. The smallest absolute Gasteiger partial charge is 0.163 e. The fourth-order valence-corrected chi connectivity index (χ4v) is 0.0763. The predicted octanol–water partition coefficient (Wildman–Crippen LogP) is 0.370. The van der Waals surface area contributed by atoms with E-state index in [1.54, 1.807) is 0 Å². The molecule has 0 rings (SSSR count). The minimum atomic E-state index is -0.801. The Bertz CT molecular complexity index is 67.3. The van der Waals surface area contributed by atoms with Crippen molar-refractivity contribution in [2.24, 2.45) is 0 Å². The molecule has 0 spiro atoms. The van der Waals surface area contributed by atoms with Crippen LogP contribution in [0.15, 0.2) is 12.3 Å². The lowest BCUT2D eigenvalue weighted by Gasteiger charge is -2.00. The highest BCUT2D eigenvalue weighted by molar-refractivity contribution is 4.86. The lowest BCUT2D eigenvalue weighted by atomic mass is 10.4. The fraction of sp³-hybridized carbons (Fsp3) is 0.500. The third kappa shape index (κ3) is 2.19. The Morgan fingerprint density at radius 3 is 2.29 bits per heavy atom. The van der Waals surface area contributed by atoms with Gasteiger partial charge in [-0.3, -0.25) is 0 Å². The first kappa shape index (κ1) is 6.46. The largest absolute Gasteiger partial charge is 0.385 e. The average Bonchev–Trinajstić information content (AvgIpc) is 1.65. The zero-order chi connectivity index (χ0) is 5.86. The van der Waals surface area contributed by atoms with Gasteiger partial charge in [-0.25, -0.2) is 5.26 Å². The lowest BCUT2D eigenvalue weighted by molar-refractivity contribution is -0.214. The van der Waals surface area contributed by atoms with E-state index in [9.17, 15) is 0 Å². The van der Waals surface area contributed by atoms with Gasteiger partial charge in [0.2, 0.25) is 0 Å². The van der Waals surface area contributed by atoms with Crippen LogP contribution in [0.2, 0.25) is 0 Å². The molecule has 0 aromatic heterocycles. The number of hydrogen-bond acceptors (Lipinski definition) is 3. The van der Waals surface area contributed by atoms with Gasteiger partial charge in [0.25, 0.3) is 0 Å². The predicted molar refractivity (Wildman–Crippen MR) is 24.5 cm³/mol. The third-order valence-electron chi connectivity index (χ3n) is 0.583. The molecular formula is C4H8O3. The molecule has 0 heterocycles. The molecule has 2 N–H and O–H groups in total. The minimum Gasteiger partial charge on any atom is -0.385 e. The summed E-state index contributed by atoms with van der Waals surface area (Å²) < 4.78 is 0. The SMILES string of the molecule is C=C(OO)C(C)O. The van der Waals surface area contributed by atoms with Gasteiger partial charge in [0.15, 0.2) is 5.76 Å². The first-order valence-corrected chi connectivity index (χ1v) is 1.86. The molecule has 0 aromatic rings. The second-order valence-electron chi connectivity index (χ2n) is 1.23. The molecule has 0 saturated heterocycles. The molecule has 0 radical (unpaired) electrons. The molecule has 1 unspecified atom stereocenters. The van der Waals surface area contributed by atoms with E-state index < -0.39 is 6.10 Å². The van der Waals surface area contributed by atoms with Gasteiger partial charge in [-0.15, -0.1) is 0 Å². The number of hydrogen-bond donors (Lipinski definition) is 2. The zero-order valence-corrected chi connectivity index (χ0v) is 4.09. The van der Waals surface area contributed by atoms with Crippen molar-refractivity contribution in [1.82, 2.24) is 0 Å². The number of aliphatic hydroxyl groups is 1. The Kier molecular flexibility index (Phi) is 2.40. The van der Waals surface area contributed by atoms with Gasteiger partial charge < -0.3 is 9.99 Å². The Labute approximate surface area is 41.8 Å². The first-order valence-electron chi connectivity index (χ1n) is 1.86. The topological polar surface area (TPSA) is 49.7 Å². The standard InChI is InChI=1S/C4H8O3/c1-3(5)4(2)7-6/h3,5-6H,2H2,1H3. The van der Waals surface area contributed by atoms with Crippen molar-refractivity contribution in [3.05, 3.63) is 12.3 Å². The van der Waals surface area contributed by atoms with E-state index in [4.69, 9.17) is 10.4 Å². The van der Waals surface area contributed by atoms with Crippen LogP contribution in [0, 0.1) is 0 Å². The highest BCUT2D eigenvalue weighted by Crippen LogP contribution is 1.95. The van der Waals surface area contributed by atoms with Crippen molar-refractivity contribution in [2.45, 2.75) is 13.0 Å². The van der Waals surface area contributed by atoms with Crippen LogP contribution in [-0.2, 0) is 4.89 Å². The van der Waals surface area contributed by atoms with Gasteiger partial charge in [0.1, 0.15) is 6.10 Å². The Hall–Kier alpha value is -0.540. The number of rotatable bonds is 2. The summed E-state index contributed by atoms with van der Waals surface area (Å²) in [4.78, 5) is 3.57. The molecule has 0 bridgehead atoms. The van der Waals surface area contributed by atoms with Crippen molar-refractivity contribution < 1.29 is 15.3 Å². The van der Waals surface area contributed by atoms with Crippen LogP contribution in [-0.4, -0.2) is 16.5 Å². The summed E-state index contributed by atoms with van der Waals surface area (Å²) in [6.45, 7) is 4.59. The van der Waals surface area contributed by atoms with E-state index in [0.29, 0.717) is 0 Å². The van der Waals surface area contributed by atoms with E-state index in [2.05, 4.69) is 11.5 Å². The van der Waals surface area contributed by atoms with Crippen molar-refractivity contribution in [3.8, 4) is 0 Å². The molecule has 0 aliphatic rings. The van der Waals surface area contributed by atoms with E-state index in [1.807, 2.05) is 0 Å². The summed E-state index contributed by atoms with van der Waals surface area (Å²) in [7, 11) is 0. The van der Waals surface area contributed by atoms with Gasteiger partial charge in [0, 0.05) is 0 Å².